The molecule has 128 valence electrons. The zero-order valence-electron chi connectivity index (χ0n) is 12.6. The lowest BCUT2D eigenvalue weighted by atomic mass is 10.0. The molecule has 5 nitrogen and oxygen atoms in total. The quantitative estimate of drug-likeness (QED) is 0.765. The van der Waals surface area contributed by atoms with E-state index in [-0.39, 0.29) is 36.5 Å². The molecule has 0 radical (unpaired) electrons. The van der Waals surface area contributed by atoms with Crippen molar-refractivity contribution in [3.8, 4) is 0 Å². The van der Waals surface area contributed by atoms with E-state index < -0.39 is 0 Å². The van der Waals surface area contributed by atoms with Crippen LogP contribution in [0.3, 0.4) is 0 Å². The van der Waals surface area contributed by atoms with Gasteiger partial charge in [-0.2, -0.15) is 0 Å². The standard InChI is InChI=1S/C15H19FN4O.2ClH/c16-11-2-3-12-13(7-11)20-14(19-12)9-18-15(21)4-1-10-5-6-17-8-10;;/h2-3,7,10,17H,1,4-6,8-9H2,(H,18,21)(H,19,20);2*1H. The summed E-state index contributed by atoms with van der Waals surface area (Å²) in [6.45, 7) is 2.42. The van der Waals surface area contributed by atoms with Gasteiger partial charge >= 0.3 is 0 Å². The molecule has 1 aromatic carbocycles. The molecule has 3 N–H and O–H groups in total. The van der Waals surface area contributed by atoms with Crippen molar-refractivity contribution >= 4 is 41.8 Å². The molecule has 1 aliphatic rings. The summed E-state index contributed by atoms with van der Waals surface area (Å²) in [4.78, 5) is 19.1. The number of aromatic amines is 1. The molecule has 1 unspecified atom stereocenters. The minimum absolute atomic E-state index is 0. The molecule has 1 aliphatic heterocycles. The highest BCUT2D eigenvalue weighted by Crippen LogP contribution is 2.15. The second-order valence-electron chi connectivity index (χ2n) is 5.52. The lowest BCUT2D eigenvalue weighted by Crippen LogP contribution is -2.24. The highest BCUT2D eigenvalue weighted by Gasteiger charge is 2.15. The summed E-state index contributed by atoms with van der Waals surface area (Å²) in [6.07, 6.45) is 2.62. The predicted molar refractivity (Wildman–Crippen MR) is 92.6 cm³/mol. The van der Waals surface area contributed by atoms with Crippen LogP contribution in [0.5, 0.6) is 0 Å². The summed E-state index contributed by atoms with van der Waals surface area (Å²) >= 11 is 0. The molecule has 1 fully saturated rings. The second-order valence-corrected chi connectivity index (χ2v) is 5.52. The zero-order valence-corrected chi connectivity index (χ0v) is 14.2. The van der Waals surface area contributed by atoms with Crippen molar-refractivity contribution in [2.24, 2.45) is 5.92 Å². The van der Waals surface area contributed by atoms with Gasteiger partial charge in [0.25, 0.3) is 0 Å². The van der Waals surface area contributed by atoms with E-state index in [9.17, 15) is 9.18 Å². The molecular formula is C15H21Cl2FN4O. The van der Waals surface area contributed by atoms with Gasteiger partial charge in [0.2, 0.25) is 5.91 Å². The molecule has 2 heterocycles. The fourth-order valence-corrected chi connectivity index (χ4v) is 2.69. The second kappa shape index (κ2) is 9.05. The monoisotopic (exact) mass is 362 g/mol. The van der Waals surface area contributed by atoms with Crippen LogP contribution in [0, 0.1) is 11.7 Å². The number of imidazole rings is 1. The summed E-state index contributed by atoms with van der Waals surface area (Å²) < 4.78 is 13.1. The lowest BCUT2D eigenvalue weighted by Gasteiger charge is -2.07. The fraction of sp³-hybridized carbons (Fsp3) is 0.467. The van der Waals surface area contributed by atoms with Crippen molar-refractivity contribution in [3.05, 3.63) is 29.8 Å². The Kier molecular flexibility index (Phi) is 7.75. The van der Waals surface area contributed by atoms with Crippen LogP contribution in [0.25, 0.3) is 11.0 Å². The van der Waals surface area contributed by atoms with Crippen molar-refractivity contribution in [2.75, 3.05) is 13.1 Å². The number of carbonyl (C=O) groups is 1. The average Bonchev–Trinajstić information content (AvgIpc) is 3.11. The van der Waals surface area contributed by atoms with E-state index in [2.05, 4.69) is 20.6 Å². The lowest BCUT2D eigenvalue weighted by molar-refractivity contribution is -0.121. The highest BCUT2D eigenvalue weighted by molar-refractivity contribution is 5.85. The Hall–Kier alpha value is -1.37. The first kappa shape index (κ1) is 19.7. The first-order valence-electron chi connectivity index (χ1n) is 7.32. The zero-order chi connectivity index (χ0) is 14.7. The molecule has 23 heavy (non-hydrogen) atoms. The van der Waals surface area contributed by atoms with Gasteiger partial charge in [0.15, 0.2) is 0 Å². The van der Waals surface area contributed by atoms with Crippen molar-refractivity contribution < 1.29 is 9.18 Å². The largest absolute Gasteiger partial charge is 0.349 e. The molecule has 0 saturated carbocycles. The summed E-state index contributed by atoms with van der Waals surface area (Å²) in [6, 6.07) is 4.40. The minimum atomic E-state index is -0.299. The molecule has 0 bridgehead atoms. The summed E-state index contributed by atoms with van der Waals surface area (Å²) in [5.41, 5.74) is 1.36. The molecule has 1 atom stereocenters. The summed E-state index contributed by atoms with van der Waals surface area (Å²) in [5.74, 6) is 0.997. The third kappa shape index (κ3) is 5.34. The molecule has 1 saturated heterocycles. The maximum atomic E-state index is 13.1. The number of amides is 1. The van der Waals surface area contributed by atoms with E-state index in [0.29, 0.717) is 35.7 Å². The van der Waals surface area contributed by atoms with E-state index in [1.54, 1.807) is 6.07 Å². The van der Waals surface area contributed by atoms with Crippen molar-refractivity contribution in [1.82, 2.24) is 20.6 Å². The van der Waals surface area contributed by atoms with Gasteiger partial charge in [0.05, 0.1) is 17.6 Å². The highest BCUT2D eigenvalue weighted by atomic mass is 35.5. The normalized spacial score (nSPS) is 16.7. The van der Waals surface area contributed by atoms with Crippen LogP contribution in [0.2, 0.25) is 0 Å². The number of aromatic nitrogens is 2. The smallest absolute Gasteiger partial charge is 0.220 e. The first-order valence-corrected chi connectivity index (χ1v) is 7.32. The number of rotatable bonds is 5. The van der Waals surface area contributed by atoms with Crippen molar-refractivity contribution in [1.29, 1.82) is 0 Å². The Bertz CT molecular complexity index is 643. The van der Waals surface area contributed by atoms with Gasteiger partial charge in [-0.05, 0) is 50.0 Å². The molecular weight excluding hydrogens is 342 g/mol. The average molecular weight is 363 g/mol. The minimum Gasteiger partial charge on any atom is -0.349 e. The Morgan fingerprint density at radius 1 is 1.39 bits per heavy atom. The van der Waals surface area contributed by atoms with Gasteiger partial charge in [0, 0.05) is 6.42 Å². The van der Waals surface area contributed by atoms with E-state index in [1.165, 1.54) is 12.1 Å². The van der Waals surface area contributed by atoms with Gasteiger partial charge in [-0.15, -0.1) is 24.8 Å². The van der Waals surface area contributed by atoms with Gasteiger partial charge in [-0.3, -0.25) is 4.79 Å². The molecule has 1 amide bonds. The maximum Gasteiger partial charge on any atom is 0.220 e. The fourth-order valence-electron chi connectivity index (χ4n) is 2.69. The van der Waals surface area contributed by atoms with Crippen LogP contribution in [0.15, 0.2) is 18.2 Å². The van der Waals surface area contributed by atoms with Crippen molar-refractivity contribution in [3.63, 3.8) is 0 Å². The van der Waals surface area contributed by atoms with Crippen LogP contribution in [-0.4, -0.2) is 29.0 Å². The van der Waals surface area contributed by atoms with E-state index >= 15 is 0 Å². The molecule has 0 spiro atoms. The van der Waals surface area contributed by atoms with E-state index in [0.717, 1.165) is 25.9 Å². The Morgan fingerprint density at radius 3 is 2.96 bits per heavy atom. The Morgan fingerprint density at radius 2 is 2.22 bits per heavy atom. The van der Waals surface area contributed by atoms with Crippen molar-refractivity contribution in [2.45, 2.75) is 25.8 Å². The van der Waals surface area contributed by atoms with Crippen LogP contribution in [0.4, 0.5) is 4.39 Å². The number of benzene rings is 1. The number of nitrogens with one attached hydrogen (secondary N) is 3. The Balaban J connectivity index is 0.00000132. The molecule has 0 aliphatic carbocycles. The third-order valence-corrected chi connectivity index (χ3v) is 3.89. The maximum absolute atomic E-state index is 13.1. The number of fused-ring (bicyclic) bond motifs is 1. The SMILES string of the molecule is Cl.Cl.O=C(CCC1CCNC1)NCc1nc2ccc(F)cc2[nH]1. The Labute approximate surface area is 146 Å². The van der Waals surface area contributed by atoms with E-state index in [1.807, 2.05) is 0 Å². The predicted octanol–water partition coefficient (Wildman–Crippen LogP) is 2.55. The topological polar surface area (TPSA) is 69.8 Å². The van der Waals surface area contributed by atoms with Crippen LogP contribution in [0.1, 0.15) is 25.1 Å². The number of halogens is 3. The van der Waals surface area contributed by atoms with Gasteiger partial charge in [-0.25, -0.2) is 9.37 Å². The summed E-state index contributed by atoms with van der Waals surface area (Å²) in [7, 11) is 0. The molecule has 3 rings (SSSR count). The molecule has 2 aromatic rings. The van der Waals surface area contributed by atoms with Gasteiger partial charge in [0.1, 0.15) is 11.6 Å². The number of hydrogen-bond donors (Lipinski definition) is 3. The van der Waals surface area contributed by atoms with E-state index in [4.69, 9.17) is 0 Å². The number of nitrogens with zero attached hydrogens (tertiary/aromatic N) is 1. The number of hydrogen-bond acceptors (Lipinski definition) is 3. The van der Waals surface area contributed by atoms with Crippen LogP contribution >= 0.6 is 24.8 Å². The summed E-state index contributed by atoms with van der Waals surface area (Å²) in [5, 5.41) is 6.15. The molecule has 1 aromatic heterocycles. The van der Waals surface area contributed by atoms with Crippen LogP contribution in [-0.2, 0) is 11.3 Å². The van der Waals surface area contributed by atoms with Gasteiger partial charge in [-0.1, -0.05) is 0 Å². The third-order valence-electron chi connectivity index (χ3n) is 3.89. The number of carbonyl (C=O) groups excluding carboxylic acids is 1. The first-order chi connectivity index (χ1) is 10.2. The van der Waals surface area contributed by atoms with Gasteiger partial charge < -0.3 is 15.6 Å². The molecule has 8 heteroatoms. The van der Waals surface area contributed by atoms with Crippen LogP contribution < -0.4 is 10.6 Å². The number of H-pyrrole nitrogens is 1.